The Balaban J connectivity index is 2.06. The third-order valence-corrected chi connectivity index (χ3v) is 10.4. The molecule has 3 heterocycles. The number of aliphatic hydroxyl groups is 1. The van der Waals surface area contributed by atoms with Crippen LogP contribution >= 0.6 is 11.8 Å². The van der Waals surface area contributed by atoms with Crippen molar-refractivity contribution in [2.45, 2.75) is 101 Å². The summed E-state index contributed by atoms with van der Waals surface area (Å²) >= 11 is 1.67. The molecule has 3 fully saturated rings. The molecule has 2 unspecified atom stereocenters. The summed E-state index contributed by atoms with van der Waals surface area (Å²) in [7, 11) is 0. The van der Waals surface area contributed by atoms with E-state index in [0.29, 0.717) is 32.4 Å². The van der Waals surface area contributed by atoms with Crippen molar-refractivity contribution in [3.8, 4) is 0 Å². The van der Waals surface area contributed by atoms with Crippen LogP contribution < -0.4 is 0 Å². The van der Waals surface area contributed by atoms with E-state index in [0.717, 1.165) is 19.3 Å². The predicted molar refractivity (Wildman–Crippen MR) is 153 cm³/mol. The third-order valence-electron chi connectivity index (χ3n) is 8.44. The highest BCUT2D eigenvalue weighted by Crippen LogP contribution is 2.71. The molecular formula is C30H48N2O5S. The van der Waals surface area contributed by atoms with Crippen LogP contribution in [0.5, 0.6) is 0 Å². The first-order valence-corrected chi connectivity index (χ1v) is 14.8. The average molecular weight is 549 g/mol. The Bertz CT molecular complexity index is 943. The van der Waals surface area contributed by atoms with Crippen molar-refractivity contribution in [3.05, 3.63) is 25.3 Å². The number of fused-ring (bicyclic) bond motifs is 1. The molecule has 0 aromatic rings. The number of aliphatic hydroxyl groups excluding tert-OH is 1. The minimum absolute atomic E-state index is 0.00640. The molecule has 2 bridgehead atoms. The Hall–Kier alpha value is -1.80. The van der Waals surface area contributed by atoms with E-state index in [4.69, 9.17) is 4.74 Å². The number of thioether (sulfide) groups is 1. The fourth-order valence-electron chi connectivity index (χ4n) is 7.41. The fraction of sp³-hybridized carbons (Fsp3) is 0.767. The van der Waals surface area contributed by atoms with Crippen molar-refractivity contribution >= 4 is 29.5 Å². The highest BCUT2D eigenvalue weighted by molar-refractivity contribution is 8.02. The van der Waals surface area contributed by atoms with Gasteiger partial charge in [-0.05, 0) is 64.7 Å². The maximum atomic E-state index is 14.7. The van der Waals surface area contributed by atoms with Crippen molar-refractivity contribution in [3.63, 3.8) is 0 Å². The average Bonchev–Trinajstić information content (AvgIpc) is 3.37. The second-order valence-electron chi connectivity index (χ2n) is 13.2. The largest absolute Gasteiger partial charge is 0.461 e. The second kappa shape index (κ2) is 11.4. The number of unbranched alkanes of at least 4 members (excludes halogenated alkanes) is 2. The summed E-state index contributed by atoms with van der Waals surface area (Å²) in [6.45, 7) is 21.3. The SMILES string of the molecule is C=CCOC(=O)[C@H]1[C@H]2C(=O)N(CCCCCO)C(C(=O)N(CC=C)C(C)(C)CC(C)(C)C)C23CC[C@]1(C)S3. The van der Waals surface area contributed by atoms with Crippen LogP contribution in [0.4, 0.5) is 0 Å². The monoisotopic (exact) mass is 548 g/mol. The third kappa shape index (κ3) is 5.58. The molecule has 214 valence electrons. The van der Waals surface area contributed by atoms with E-state index in [9.17, 15) is 19.5 Å². The quantitative estimate of drug-likeness (QED) is 0.206. The first-order valence-electron chi connectivity index (χ1n) is 14.0. The van der Waals surface area contributed by atoms with Crippen LogP contribution in [0.15, 0.2) is 25.3 Å². The summed E-state index contributed by atoms with van der Waals surface area (Å²) in [4.78, 5) is 45.9. The Morgan fingerprint density at radius 1 is 1.16 bits per heavy atom. The molecule has 7 nitrogen and oxygen atoms in total. The zero-order valence-corrected chi connectivity index (χ0v) is 25.1. The van der Waals surface area contributed by atoms with Gasteiger partial charge in [0, 0.05) is 30.0 Å². The summed E-state index contributed by atoms with van der Waals surface area (Å²) in [5.74, 6) is -1.73. The molecule has 2 amide bonds. The van der Waals surface area contributed by atoms with E-state index in [1.165, 1.54) is 6.08 Å². The molecule has 3 aliphatic heterocycles. The second-order valence-corrected chi connectivity index (χ2v) is 15.1. The van der Waals surface area contributed by atoms with Gasteiger partial charge in [0.05, 0.1) is 16.6 Å². The van der Waals surface area contributed by atoms with Gasteiger partial charge in [-0.2, -0.15) is 0 Å². The van der Waals surface area contributed by atoms with E-state index in [1.807, 2.05) is 4.90 Å². The number of hydrogen-bond acceptors (Lipinski definition) is 6. The van der Waals surface area contributed by atoms with Crippen molar-refractivity contribution < 1.29 is 24.2 Å². The van der Waals surface area contributed by atoms with E-state index in [-0.39, 0.29) is 36.4 Å². The lowest BCUT2D eigenvalue weighted by Gasteiger charge is -2.46. The van der Waals surface area contributed by atoms with Gasteiger partial charge in [-0.25, -0.2) is 0 Å². The fourth-order valence-corrected chi connectivity index (χ4v) is 9.75. The smallest absolute Gasteiger partial charge is 0.311 e. The van der Waals surface area contributed by atoms with Crippen LogP contribution in [0.3, 0.4) is 0 Å². The molecular weight excluding hydrogens is 500 g/mol. The molecule has 1 N–H and O–H groups in total. The van der Waals surface area contributed by atoms with Gasteiger partial charge >= 0.3 is 5.97 Å². The Morgan fingerprint density at radius 2 is 1.84 bits per heavy atom. The van der Waals surface area contributed by atoms with Gasteiger partial charge in [-0.1, -0.05) is 39.5 Å². The Morgan fingerprint density at radius 3 is 2.42 bits per heavy atom. The van der Waals surface area contributed by atoms with E-state index < -0.39 is 32.9 Å². The minimum Gasteiger partial charge on any atom is -0.461 e. The number of likely N-dealkylation sites (tertiary alicyclic amines) is 1. The zero-order chi connectivity index (χ0) is 28.5. The normalized spacial score (nSPS) is 30.3. The molecule has 0 aliphatic carbocycles. The molecule has 38 heavy (non-hydrogen) atoms. The van der Waals surface area contributed by atoms with Gasteiger partial charge in [-0.3, -0.25) is 14.4 Å². The molecule has 0 radical (unpaired) electrons. The molecule has 5 atom stereocenters. The molecule has 3 saturated heterocycles. The van der Waals surface area contributed by atoms with Crippen LogP contribution in [0.2, 0.25) is 0 Å². The first kappa shape index (κ1) is 30.7. The highest BCUT2D eigenvalue weighted by atomic mass is 32.2. The number of rotatable bonds is 13. The van der Waals surface area contributed by atoms with Gasteiger partial charge in [0.2, 0.25) is 11.8 Å². The number of hydrogen-bond donors (Lipinski definition) is 1. The lowest BCUT2D eigenvalue weighted by Crippen LogP contribution is -2.60. The summed E-state index contributed by atoms with van der Waals surface area (Å²) in [6.07, 6.45) is 7.66. The molecule has 1 spiro atoms. The standard InChI is InChI=1S/C30H48N2O5S/c1-9-16-32(28(6,7)20-27(3,4)5)25(35)23-30-15-14-29(8,38-30)22(26(36)37-19-10-2)21(30)24(34)31(23)17-12-11-13-18-33/h9-10,21-23,33H,1-2,11-20H2,3-8H3/t21-,22+,23?,29-,30?/m0/s1. The van der Waals surface area contributed by atoms with Crippen LogP contribution in [-0.2, 0) is 19.1 Å². The maximum absolute atomic E-state index is 14.7. The molecule has 8 heteroatoms. The number of amides is 2. The van der Waals surface area contributed by atoms with Gasteiger partial charge in [0.25, 0.3) is 0 Å². The number of ether oxygens (including phenoxy) is 1. The number of nitrogens with zero attached hydrogens (tertiary/aromatic N) is 2. The maximum Gasteiger partial charge on any atom is 0.311 e. The minimum atomic E-state index is -0.672. The number of carbonyl (C=O) groups is 3. The van der Waals surface area contributed by atoms with Gasteiger partial charge in [-0.15, -0.1) is 18.3 Å². The van der Waals surface area contributed by atoms with Crippen LogP contribution in [0.25, 0.3) is 0 Å². The first-order chi connectivity index (χ1) is 17.7. The zero-order valence-electron chi connectivity index (χ0n) is 24.3. The summed E-state index contributed by atoms with van der Waals surface area (Å²) in [5, 5.41) is 9.26. The summed E-state index contributed by atoms with van der Waals surface area (Å²) in [5.41, 5.74) is -0.467. The lowest BCUT2D eigenvalue weighted by molar-refractivity contribution is -0.154. The summed E-state index contributed by atoms with van der Waals surface area (Å²) in [6, 6.07) is -0.655. The summed E-state index contributed by atoms with van der Waals surface area (Å²) < 4.78 is 4.38. The Kier molecular flexibility index (Phi) is 9.19. The Labute approximate surface area is 233 Å². The van der Waals surface area contributed by atoms with E-state index >= 15 is 0 Å². The molecule has 3 rings (SSSR count). The van der Waals surface area contributed by atoms with Crippen molar-refractivity contribution in [2.24, 2.45) is 17.3 Å². The number of esters is 1. The van der Waals surface area contributed by atoms with Gasteiger partial charge in [0.1, 0.15) is 12.6 Å². The van der Waals surface area contributed by atoms with Crippen molar-refractivity contribution in [2.75, 3.05) is 26.3 Å². The molecule has 0 aromatic heterocycles. The predicted octanol–water partition coefficient (Wildman–Crippen LogP) is 4.59. The highest BCUT2D eigenvalue weighted by Gasteiger charge is 2.77. The van der Waals surface area contributed by atoms with Gasteiger partial charge < -0.3 is 19.6 Å². The molecule has 0 saturated carbocycles. The van der Waals surface area contributed by atoms with Crippen LogP contribution in [-0.4, -0.2) is 80.1 Å². The van der Waals surface area contributed by atoms with Gasteiger partial charge in [0.15, 0.2) is 0 Å². The van der Waals surface area contributed by atoms with Crippen LogP contribution in [0.1, 0.15) is 80.1 Å². The van der Waals surface area contributed by atoms with E-state index in [2.05, 4.69) is 54.7 Å². The lowest BCUT2D eigenvalue weighted by atomic mass is 9.66. The molecule has 0 aromatic carbocycles. The van der Waals surface area contributed by atoms with Crippen LogP contribution in [0, 0.1) is 17.3 Å². The van der Waals surface area contributed by atoms with Crippen molar-refractivity contribution in [1.82, 2.24) is 9.80 Å². The topological polar surface area (TPSA) is 87.1 Å². The van der Waals surface area contributed by atoms with E-state index in [1.54, 1.807) is 22.7 Å². The number of carbonyl (C=O) groups excluding carboxylic acids is 3. The molecule has 3 aliphatic rings. The van der Waals surface area contributed by atoms with Crippen molar-refractivity contribution in [1.29, 1.82) is 0 Å².